The predicted molar refractivity (Wildman–Crippen MR) is 67.4 cm³/mol. The summed E-state index contributed by atoms with van der Waals surface area (Å²) in [6.45, 7) is 3.04. The third kappa shape index (κ3) is 5.12. The fourth-order valence-corrected chi connectivity index (χ4v) is 1.59. The molecule has 0 aliphatic heterocycles. The highest BCUT2D eigenvalue weighted by Gasteiger charge is 1.94. The van der Waals surface area contributed by atoms with Crippen molar-refractivity contribution >= 4 is 12.6 Å². The van der Waals surface area contributed by atoms with Crippen molar-refractivity contribution in [3.8, 4) is 5.75 Å². The van der Waals surface area contributed by atoms with Crippen LogP contribution in [-0.4, -0.2) is 6.61 Å². The molecule has 1 nitrogen and oxygen atoms in total. The molecule has 83 valence electrons. The van der Waals surface area contributed by atoms with Crippen molar-refractivity contribution in [1.82, 2.24) is 0 Å². The van der Waals surface area contributed by atoms with Crippen LogP contribution in [0.4, 0.5) is 0 Å². The van der Waals surface area contributed by atoms with Crippen LogP contribution in [0, 0.1) is 0 Å². The summed E-state index contributed by atoms with van der Waals surface area (Å²) in [5.41, 5.74) is 1.18. The van der Waals surface area contributed by atoms with Crippen molar-refractivity contribution in [2.75, 3.05) is 6.61 Å². The summed E-state index contributed by atoms with van der Waals surface area (Å²) in [5, 5.41) is 0. The highest BCUT2D eigenvalue weighted by molar-refractivity contribution is 7.79. The molecule has 1 aromatic rings. The average Bonchev–Trinajstić information content (AvgIpc) is 2.30. The van der Waals surface area contributed by atoms with Crippen molar-refractivity contribution in [1.29, 1.82) is 0 Å². The van der Waals surface area contributed by atoms with E-state index in [1.807, 2.05) is 24.3 Å². The van der Waals surface area contributed by atoms with Gasteiger partial charge in [-0.2, -0.15) is 0 Å². The second-order valence-electron chi connectivity index (χ2n) is 3.70. The van der Waals surface area contributed by atoms with Gasteiger partial charge < -0.3 is 4.74 Å². The van der Waals surface area contributed by atoms with E-state index in [9.17, 15) is 0 Å². The topological polar surface area (TPSA) is 9.23 Å². The van der Waals surface area contributed by atoms with Crippen LogP contribution in [0.15, 0.2) is 24.3 Å². The lowest BCUT2D eigenvalue weighted by molar-refractivity contribution is 0.305. The van der Waals surface area contributed by atoms with Crippen LogP contribution in [0.3, 0.4) is 0 Å². The Morgan fingerprint density at radius 2 is 1.80 bits per heavy atom. The SMILES string of the molecule is CCCCCCOc1ccc(C[S])cc1. The molecule has 0 aliphatic carbocycles. The molecule has 0 saturated heterocycles. The van der Waals surface area contributed by atoms with Gasteiger partial charge in [-0.05, 0) is 24.1 Å². The van der Waals surface area contributed by atoms with Crippen molar-refractivity contribution in [2.24, 2.45) is 0 Å². The second kappa shape index (κ2) is 7.63. The van der Waals surface area contributed by atoms with E-state index in [1.165, 1.54) is 24.8 Å². The summed E-state index contributed by atoms with van der Waals surface area (Å²) >= 11 is 4.96. The Morgan fingerprint density at radius 3 is 2.40 bits per heavy atom. The van der Waals surface area contributed by atoms with Crippen LogP contribution in [0.5, 0.6) is 5.75 Å². The van der Waals surface area contributed by atoms with Crippen LogP contribution < -0.4 is 4.74 Å². The van der Waals surface area contributed by atoms with Gasteiger partial charge >= 0.3 is 0 Å². The Kier molecular flexibility index (Phi) is 6.33. The van der Waals surface area contributed by atoms with E-state index < -0.39 is 0 Å². The van der Waals surface area contributed by atoms with E-state index in [4.69, 9.17) is 17.4 Å². The zero-order valence-electron chi connectivity index (χ0n) is 9.37. The lowest BCUT2D eigenvalue weighted by atomic mass is 10.2. The normalized spacial score (nSPS) is 10.3. The fraction of sp³-hybridized carbons (Fsp3) is 0.538. The number of rotatable bonds is 7. The molecule has 0 fully saturated rings. The average molecular weight is 223 g/mol. The van der Waals surface area contributed by atoms with Crippen molar-refractivity contribution < 1.29 is 4.74 Å². The predicted octanol–water partition coefficient (Wildman–Crippen LogP) is 4.34. The minimum atomic E-state index is 0.677. The van der Waals surface area contributed by atoms with E-state index >= 15 is 0 Å². The van der Waals surface area contributed by atoms with E-state index in [0.29, 0.717) is 5.75 Å². The molecule has 0 bridgehead atoms. The first-order valence-electron chi connectivity index (χ1n) is 5.66. The molecule has 15 heavy (non-hydrogen) atoms. The lowest BCUT2D eigenvalue weighted by Crippen LogP contribution is -1.97. The highest BCUT2D eigenvalue weighted by Crippen LogP contribution is 2.13. The zero-order valence-corrected chi connectivity index (χ0v) is 10.2. The Balaban J connectivity index is 2.20. The summed E-state index contributed by atoms with van der Waals surface area (Å²) < 4.78 is 5.62. The molecule has 1 radical (unpaired) electrons. The van der Waals surface area contributed by atoms with Crippen molar-refractivity contribution in [2.45, 2.75) is 38.4 Å². The van der Waals surface area contributed by atoms with Gasteiger partial charge in [-0.15, -0.1) is 0 Å². The highest BCUT2D eigenvalue weighted by atomic mass is 32.1. The Morgan fingerprint density at radius 1 is 1.07 bits per heavy atom. The third-order valence-electron chi connectivity index (χ3n) is 2.36. The minimum absolute atomic E-state index is 0.677. The van der Waals surface area contributed by atoms with Gasteiger partial charge in [0.15, 0.2) is 0 Å². The molecule has 1 aromatic carbocycles. The number of hydrogen-bond acceptors (Lipinski definition) is 1. The molecule has 0 N–H and O–H groups in total. The van der Waals surface area contributed by atoms with Gasteiger partial charge in [0.2, 0.25) is 0 Å². The molecule has 0 heterocycles. The lowest BCUT2D eigenvalue weighted by Gasteiger charge is -2.06. The van der Waals surface area contributed by atoms with E-state index in [2.05, 4.69) is 6.92 Å². The van der Waals surface area contributed by atoms with Crippen LogP contribution >= 0.6 is 12.6 Å². The first kappa shape index (κ1) is 12.4. The van der Waals surface area contributed by atoms with E-state index in [1.54, 1.807) is 0 Å². The monoisotopic (exact) mass is 223 g/mol. The smallest absolute Gasteiger partial charge is 0.119 e. The molecular formula is C13H19OS. The summed E-state index contributed by atoms with van der Waals surface area (Å²) in [4.78, 5) is 0. The molecule has 2 heteroatoms. The maximum absolute atomic E-state index is 5.62. The standard InChI is InChI=1S/C13H19OS/c1-2-3-4-5-10-14-13-8-6-12(11-15)7-9-13/h6-9H,2-5,10-11H2,1H3. The third-order valence-corrected chi connectivity index (χ3v) is 2.69. The molecule has 0 aliphatic rings. The van der Waals surface area contributed by atoms with Crippen molar-refractivity contribution in [3.63, 3.8) is 0 Å². The maximum Gasteiger partial charge on any atom is 0.119 e. The van der Waals surface area contributed by atoms with Gasteiger partial charge in [0.1, 0.15) is 5.75 Å². The van der Waals surface area contributed by atoms with Gasteiger partial charge in [-0.1, -0.05) is 50.9 Å². The van der Waals surface area contributed by atoms with Gasteiger partial charge in [0.25, 0.3) is 0 Å². The summed E-state index contributed by atoms with van der Waals surface area (Å²) in [5.74, 6) is 1.63. The molecule has 0 saturated carbocycles. The Hall–Kier alpha value is -0.630. The minimum Gasteiger partial charge on any atom is -0.494 e. The van der Waals surface area contributed by atoms with Gasteiger partial charge in [0.05, 0.1) is 6.61 Å². The molecule has 0 amide bonds. The largest absolute Gasteiger partial charge is 0.494 e. The van der Waals surface area contributed by atoms with Crippen molar-refractivity contribution in [3.05, 3.63) is 29.8 Å². The number of unbranched alkanes of at least 4 members (excludes halogenated alkanes) is 3. The summed E-state index contributed by atoms with van der Waals surface area (Å²) in [6, 6.07) is 8.08. The van der Waals surface area contributed by atoms with Crippen LogP contribution in [-0.2, 0) is 5.75 Å². The number of ether oxygens (including phenoxy) is 1. The number of hydrogen-bond donors (Lipinski definition) is 0. The Bertz CT molecular complexity index is 256. The van der Waals surface area contributed by atoms with Gasteiger partial charge in [-0.25, -0.2) is 0 Å². The van der Waals surface area contributed by atoms with Crippen LogP contribution in [0.1, 0.15) is 38.2 Å². The van der Waals surface area contributed by atoms with E-state index in [0.717, 1.165) is 18.8 Å². The fourth-order valence-electron chi connectivity index (χ4n) is 1.40. The molecule has 0 spiro atoms. The first-order valence-corrected chi connectivity index (χ1v) is 6.24. The van der Waals surface area contributed by atoms with Gasteiger partial charge in [0, 0.05) is 5.75 Å². The Labute approximate surface area is 98.3 Å². The summed E-state index contributed by atoms with van der Waals surface area (Å²) in [7, 11) is 0. The number of benzene rings is 1. The van der Waals surface area contributed by atoms with Gasteiger partial charge in [-0.3, -0.25) is 0 Å². The van der Waals surface area contributed by atoms with Crippen LogP contribution in [0.25, 0.3) is 0 Å². The summed E-state index contributed by atoms with van der Waals surface area (Å²) in [6.07, 6.45) is 4.99. The quantitative estimate of drug-likeness (QED) is 0.625. The maximum atomic E-state index is 5.62. The molecule has 0 unspecified atom stereocenters. The molecular weight excluding hydrogens is 204 g/mol. The van der Waals surface area contributed by atoms with Crippen LogP contribution in [0.2, 0.25) is 0 Å². The molecule has 0 aromatic heterocycles. The second-order valence-corrected chi connectivity index (χ2v) is 3.99. The molecule has 0 atom stereocenters. The zero-order chi connectivity index (χ0) is 10.9. The van der Waals surface area contributed by atoms with E-state index in [-0.39, 0.29) is 0 Å². The first-order chi connectivity index (χ1) is 7.36. The molecule has 1 rings (SSSR count).